The van der Waals surface area contributed by atoms with E-state index < -0.39 is 0 Å². The molecule has 0 spiro atoms. The van der Waals surface area contributed by atoms with Crippen molar-refractivity contribution < 1.29 is 9.21 Å². The summed E-state index contributed by atoms with van der Waals surface area (Å²) in [6.07, 6.45) is 1.78. The maximum atomic E-state index is 13.6. The van der Waals surface area contributed by atoms with Crippen molar-refractivity contribution in [2.45, 2.75) is 33.7 Å². The van der Waals surface area contributed by atoms with Crippen LogP contribution in [0.2, 0.25) is 0 Å². The van der Waals surface area contributed by atoms with Gasteiger partial charge in [-0.25, -0.2) is 9.67 Å². The second kappa shape index (κ2) is 6.69. The number of pyridine rings is 1. The lowest BCUT2D eigenvalue weighted by atomic mass is 10.0. The maximum absolute atomic E-state index is 13.6. The van der Waals surface area contributed by atoms with Crippen molar-refractivity contribution in [1.82, 2.24) is 25.0 Å². The second-order valence-corrected chi connectivity index (χ2v) is 8.69. The van der Waals surface area contributed by atoms with Gasteiger partial charge in [-0.05, 0) is 51.7 Å². The normalized spacial score (nSPS) is 21.5. The summed E-state index contributed by atoms with van der Waals surface area (Å²) in [7, 11) is 0. The van der Waals surface area contributed by atoms with Crippen LogP contribution < -0.4 is 5.32 Å². The van der Waals surface area contributed by atoms with Crippen molar-refractivity contribution in [2.24, 2.45) is 11.8 Å². The first-order valence-corrected chi connectivity index (χ1v) is 10.4. The molecule has 0 saturated carbocycles. The molecule has 3 aromatic rings. The summed E-state index contributed by atoms with van der Waals surface area (Å²) in [4.78, 5) is 20.5. The number of aromatic nitrogens is 3. The maximum Gasteiger partial charge on any atom is 0.254 e. The van der Waals surface area contributed by atoms with Crippen LogP contribution in [0.4, 0.5) is 0 Å². The number of rotatable bonds is 3. The summed E-state index contributed by atoms with van der Waals surface area (Å²) < 4.78 is 7.62. The first kappa shape index (κ1) is 18.4. The standard InChI is InChI=1S/C22H27N5O2/c1-12(2)27-21-19(9-24-27)18(6-20(25-21)17-5-13(3)29-14(17)4)22(28)26-10-15-7-23-8-16(15)11-26/h5-6,9,12,15-16,23H,7-8,10-11H2,1-4H3/t15-,16+. The molecule has 2 aliphatic heterocycles. The van der Waals surface area contributed by atoms with Crippen molar-refractivity contribution >= 4 is 16.9 Å². The van der Waals surface area contributed by atoms with Crippen LogP contribution >= 0.6 is 0 Å². The third kappa shape index (κ3) is 2.95. The van der Waals surface area contributed by atoms with E-state index >= 15 is 0 Å². The first-order valence-electron chi connectivity index (χ1n) is 10.4. The lowest BCUT2D eigenvalue weighted by molar-refractivity contribution is 0.0783. The predicted molar refractivity (Wildman–Crippen MR) is 111 cm³/mol. The van der Waals surface area contributed by atoms with E-state index in [1.165, 1.54) is 0 Å². The minimum absolute atomic E-state index is 0.0780. The first-order chi connectivity index (χ1) is 13.9. The molecule has 0 aliphatic carbocycles. The zero-order chi connectivity index (χ0) is 20.3. The lowest BCUT2D eigenvalue weighted by Gasteiger charge is -2.18. The Hall–Kier alpha value is -2.67. The fourth-order valence-electron chi connectivity index (χ4n) is 4.79. The Kier molecular flexibility index (Phi) is 4.24. The van der Waals surface area contributed by atoms with Gasteiger partial charge >= 0.3 is 0 Å². The van der Waals surface area contributed by atoms with Gasteiger partial charge in [0, 0.05) is 37.8 Å². The SMILES string of the molecule is Cc1cc(-c2cc(C(=O)N3C[C@H]4CNC[C@H]4C3)c3cnn(C(C)C)c3n2)c(C)o1. The molecule has 5 heterocycles. The molecule has 3 aromatic heterocycles. The van der Waals surface area contributed by atoms with Gasteiger partial charge in [0.05, 0.1) is 22.8 Å². The molecule has 2 aliphatic rings. The molecule has 0 aromatic carbocycles. The lowest BCUT2D eigenvalue weighted by Crippen LogP contribution is -2.32. The van der Waals surface area contributed by atoms with E-state index in [4.69, 9.17) is 9.40 Å². The topological polar surface area (TPSA) is 76.2 Å². The van der Waals surface area contributed by atoms with E-state index in [9.17, 15) is 4.79 Å². The second-order valence-electron chi connectivity index (χ2n) is 8.69. The number of aryl methyl sites for hydroxylation is 2. The number of hydrogen-bond acceptors (Lipinski definition) is 5. The molecule has 0 unspecified atom stereocenters. The third-order valence-electron chi connectivity index (χ3n) is 6.28. The zero-order valence-electron chi connectivity index (χ0n) is 17.4. The molecular formula is C22H27N5O2. The molecule has 0 bridgehead atoms. The summed E-state index contributed by atoms with van der Waals surface area (Å²) in [5.74, 6) is 2.85. The van der Waals surface area contributed by atoms with E-state index in [2.05, 4.69) is 24.3 Å². The minimum Gasteiger partial charge on any atom is -0.466 e. The van der Waals surface area contributed by atoms with Gasteiger partial charge in [0.25, 0.3) is 5.91 Å². The molecule has 7 nitrogen and oxygen atoms in total. The fraction of sp³-hybridized carbons (Fsp3) is 0.500. The summed E-state index contributed by atoms with van der Waals surface area (Å²) in [5, 5.41) is 8.79. The van der Waals surface area contributed by atoms with E-state index in [0.29, 0.717) is 17.4 Å². The Bertz CT molecular complexity index is 1080. The smallest absolute Gasteiger partial charge is 0.254 e. The van der Waals surface area contributed by atoms with Gasteiger partial charge in [-0.3, -0.25) is 4.79 Å². The van der Waals surface area contributed by atoms with Crippen LogP contribution in [0, 0.1) is 25.7 Å². The van der Waals surface area contributed by atoms with Crippen molar-refractivity contribution in [3.05, 3.63) is 35.4 Å². The number of nitrogens with one attached hydrogen (secondary N) is 1. The van der Waals surface area contributed by atoms with Crippen LogP contribution in [0.3, 0.4) is 0 Å². The van der Waals surface area contributed by atoms with Crippen molar-refractivity contribution in [2.75, 3.05) is 26.2 Å². The van der Waals surface area contributed by atoms with Crippen LogP contribution in [0.25, 0.3) is 22.3 Å². The van der Waals surface area contributed by atoms with Crippen LogP contribution in [-0.2, 0) is 0 Å². The Morgan fingerprint density at radius 1 is 1.21 bits per heavy atom. The fourth-order valence-corrected chi connectivity index (χ4v) is 4.79. The number of nitrogens with zero attached hydrogens (tertiary/aromatic N) is 4. The molecule has 1 amide bonds. The molecule has 2 fully saturated rings. The van der Waals surface area contributed by atoms with Crippen LogP contribution in [0.15, 0.2) is 22.7 Å². The monoisotopic (exact) mass is 393 g/mol. The summed E-state index contributed by atoms with van der Waals surface area (Å²) in [6, 6.07) is 4.06. The number of likely N-dealkylation sites (tertiary alicyclic amines) is 1. The largest absolute Gasteiger partial charge is 0.466 e. The molecule has 1 N–H and O–H groups in total. The number of fused-ring (bicyclic) bond motifs is 2. The van der Waals surface area contributed by atoms with Gasteiger partial charge in [-0.1, -0.05) is 0 Å². The average Bonchev–Trinajstić information content (AvgIpc) is 3.42. The highest BCUT2D eigenvalue weighted by molar-refractivity contribution is 6.06. The summed E-state index contributed by atoms with van der Waals surface area (Å²) in [6.45, 7) is 11.7. The van der Waals surface area contributed by atoms with Gasteiger partial charge < -0.3 is 14.6 Å². The summed E-state index contributed by atoms with van der Waals surface area (Å²) >= 11 is 0. The van der Waals surface area contributed by atoms with Crippen molar-refractivity contribution in [3.8, 4) is 11.3 Å². The average molecular weight is 393 g/mol. The summed E-state index contributed by atoms with van der Waals surface area (Å²) in [5.41, 5.74) is 3.12. The van der Waals surface area contributed by atoms with E-state index in [-0.39, 0.29) is 11.9 Å². The molecular weight excluding hydrogens is 366 g/mol. The van der Waals surface area contributed by atoms with Gasteiger partial charge in [-0.15, -0.1) is 0 Å². The number of carbonyl (C=O) groups excluding carboxylic acids is 1. The van der Waals surface area contributed by atoms with Crippen LogP contribution in [0.5, 0.6) is 0 Å². The van der Waals surface area contributed by atoms with Gasteiger partial charge in [0.15, 0.2) is 5.65 Å². The number of amides is 1. The van der Waals surface area contributed by atoms with Gasteiger partial charge in [0.2, 0.25) is 0 Å². The van der Waals surface area contributed by atoms with E-state index in [0.717, 1.165) is 60.0 Å². The van der Waals surface area contributed by atoms with Crippen LogP contribution in [-0.4, -0.2) is 51.8 Å². The zero-order valence-corrected chi connectivity index (χ0v) is 17.4. The Balaban J connectivity index is 1.63. The van der Waals surface area contributed by atoms with Crippen molar-refractivity contribution in [1.29, 1.82) is 0 Å². The number of hydrogen-bond donors (Lipinski definition) is 1. The van der Waals surface area contributed by atoms with E-state index in [1.807, 2.05) is 35.6 Å². The van der Waals surface area contributed by atoms with Gasteiger partial charge in [0.1, 0.15) is 11.5 Å². The third-order valence-corrected chi connectivity index (χ3v) is 6.28. The van der Waals surface area contributed by atoms with Gasteiger partial charge in [-0.2, -0.15) is 5.10 Å². The Morgan fingerprint density at radius 3 is 2.55 bits per heavy atom. The quantitative estimate of drug-likeness (QED) is 0.740. The highest BCUT2D eigenvalue weighted by atomic mass is 16.3. The molecule has 5 rings (SSSR count). The Labute approximate surface area is 170 Å². The highest BCUT2D eigenvalue weighted by Gasteiger charge is 2.39. The van der Waals surface area contributed by atoms with Crippen LogP contribution in [0.1, 0.15) is 41.8 Å². The van der Waals surface area contributed by atoms with E-state index in [1.54, 1.807) is 6.20 Å². The Morgan fingerprint density at radius 2 is 1.93 bits per heavy atom. The molecule has 29 heavy (non-hydrogen) atoms. The minimum atomic E-state index is 0.0780. The number of carbonyl (C=O) groups is 1. The molecule has 2 atom stereocenters. The predicted octanol–water partition coefficient (Wildman–Crippen LogP) is 3.18. The molecule has 152 valence electrons. The molecule has 2 saturated heterocycles. The number of furan rings is 1. The highest BCUT2D eigenvalue weighted by Crippen LogP contribution is 2.33. The van der Waals surface area contributed by atoms with Crippen molar-refractivity contribution in [3.63, 3.8) is 0 Å². The molecule has 0 radical (unpaired) electrons. The molecule has 7 heteroatoms.